The molecule has 0 radical (unpaired) electrons. The second-order valence-electron chi connectivity index (χ2n) is 4.98. The van der Waals surface area contributed by atoms with Gasteiger partial charge >= 0.3 is 6.01 Å². The highest BCUT2D eigenvalue weighted by atomic mass is 16.5. The summed E-state index contributed by atoms with van der Waals surface area (Å²) in [6, 6.07) is 0.499. The van der Waals surface area contributed by atoms with Gasteiger partial charge in [0.15, 0.2) is 0 Å². The van der Waals surface area contributed by atoms with E-state index in [0.29, 0.717) is 12.6 Å². The minimum Gasteiger partial charge on any atom is -0.460 e. The number of aromatic nitrogens is 2. The van der Waals surface area contributed by atoms with Crippen molar-refractivity contribution in [3.8, 4) is 6.01 Å². The molecule has 1 fully saturated rings. The van der Waals surface area contributed by atoms with Crippen LogP contribution in [0.5, 0.6) is 6.01 Å². The normalized spacial score (nSPS) is 24.6. The molecular weight excluding hydrogens is 214 g/mol. The molecule has 0 spiro atoms. The Labute approximate surface area is 103 Å². The predicted octanol–water partition coefficient (Wildman–Crippen LogP) is 2.20. The maximum absolute atomic E-state index is 5.84. The van der Waals surface area contributed by atoms with Crippen LogP contribution in [0, 0.1) is 12.8 Å². The Kier molecular flexibility index (Phi) is 3.94. The third kappa shape index (κ3) is 3.16. The molecule has 0 bridgehead atoms. The summed E-state index contributed by atoms with van der Waals surface area (Å²) in [6.07, 6.45) is 6.83. The number of rotatable bonds is 3. The lowest BCUT2D eigenvalue weighted by atomic mass is 9.89. The van der Waals surface area contributed by atoms with E-state index < -0.39 is 0 Å². The summed E-state index contributed by atoms with van der Waals surface area (Å²) in [7, 11) is 0. The summed E-state index contributed by atoms with van der Waals surface area (Å²) < 4.78 is 5.84. The van der Waals surface area contributed by atoms with E-state index in [1.807, 2.05) is 6.92 Å². The third-order valence-corrected chi connectivity index (χ3v) is 3.44. The number of hydrogen-bond donors (Lipinski definition) is 1. The summed E-state index contributed by atoms with van der Waals surface area (Å²) in [5.74, 6) is 0.748. The molecule has 1 aromatic rings. The highest BCUT2D eigenvalue weighted by Crippen LogP contribution is 2.26. The van der Waals surface area contributed by atoms with Gasteiger partial charge in [-0.2, -0.15) is 0 Å². The zero-order chi connectivity index (χ0) is 12.3. The first kappa shape index (κ1) is 12.3. The molecule has 4 nitrogen and oxygen atoms in total. The van der Waals surface area contributed by atoms with Crippen LogP contribution >= 0.6 is 0 Å². The third-order valence-electron chi connectivity index (χ3n) is 3.44. The van der Waals surface area contributed by atoms with Crippen LogP contribution in [-0.2, 0) is 6.54 Å². The lowest BCUT2D eigenvalue weighted by Gasteiger charge is -2.26. The van der Waals surface area contributed by atoms with Gasteiger partial charge in [-0.15, -0.1) is 0 Å². The van der Waals surface area contributed by atoms with Crippen molar-refractivity contribution in [2.45, 2.75) is 52.2 Å². The monoisotopic (exact) mass is 235 g/mol. The van der Waals surface area contributed by atoms with Crippen LogP contribution in [-0.4, -0.2) is 16.1 Å². The summed E-state index contributed by atoms with van der Waals surface area (Å²) >= 11 is 0. The van der Waals surface area contributed by atoms with Gasteiger partial charge in [-0.25, -0.2) is 9.97 Å². The van der Waals surface area contributed by atoms with Gasteiger partial charge in [-0.3, -0.25) is 0 Å². The fraction of sp³-hybridized carbons (Fsp3) is 0.692. The minimum atomic E-state index is 0.280. The average Bonchev–Trinajstić information content (AvgIpc) is 2.29. The first-order valence-electron chi connectivity index (χ1n) is 6.38. The van der Waals surface area contributed by atoms with E-state index in [1.54, 1.807) is 6.20 Å². The molecule has 1 aliphatic rings. The van der Waals surface area contributed by atoms with E-state index in [9.17, 15) is 0 Å². The van der Waals surface area contributed by atoms with E-state index in [2.05, 4.69) is 16.9 Å². The summed E-state index contributed by atoms with van der Waals surface area (Å²) in [4.78, 5) is 8.57. The van der Waals surface area contributed by atoms with Crippen molar-refractivity contribution < 1.29 is 4.74 Å². The molecule has 0 aliphatic heterocycles. The fourth-order valence-corrected chi connectivity index (χ4v) is 2.36. The maximum Gasteiger partial charge on any atom is 0.316 e. The molecule has 1 aromatic heterocycles. The molecule has 0 aromatic carbocycles. The Morgan fingerprint density at radius 1 is 1.47 bits per heavy atom. The Hall–Kier alpha value is -1.16. The van der Waals surface area contributed by atoms with Gasteiger partial charge in [0.05, 0.1) is 0 Å². The highest BCUT2D eigenvalue weighted by molar-refractivity contribution is 5.17. The molecule has 1 heterocycles. The highest BCUT2D eigenvalue weighted by Gasteiger charge is 2.21. The van der Waals surface area contributed by atoms with Crippen LogP contribution in [0.25, 0.3) is 0 Å². The Morgan fingerprint density at radius 3 is 2.94 bits per heavy atom. The molecule has 2 rings (SSSR count). The second kappa shape index (κ2) is 5.45. The van der Waals surface area contributed by atoms with Crippen molar-refractivity contribution in [2.24, 2.45) is 11.7 Å². The molecule has 4 heteroatoms. The van der Waals surface area contributed by atoms with E-state index in [1.165, 1.54) is 12.8 Å². The molecule has 17 heavy (non-hydrogen) atoms. The van der Waals surface area contributed by atoms with Crippen LogP contribution in [0.3, 0.4) is 0 Å². The van der Waals surface area contributed by atoms with Gasteiger partial charge in [0.2, 0.25) is 0 Å². The topological polar surface area (TPSA) is 61.0 Å². The van der Waals surface area contributed by atoms with Crippen molar-refractivity contribution in [3.63, 3.8) is 0 Å². The van der Waals surface area contributed by atoms with Crippen molar-refractivity contribution in [3.05, 3.63) is 17.5 Å². The molecule has 2 atom stereocenters. The second-order valence-corrected chi connectivity index (χ2v) is 4.98. The average molecular weight is 235 g/mol. The Bertz CT molecular complexity index is 381. The predicted molar refractivity (Wildman–Crippen MR) is 66.7 cm³/mol. The number of nitrogens with two attached hydrogens (primary N) is 1. The maximum atomic E-state index is 5.84. The number of hydrogen-bond acceptors (Lipinski definition) is 4. The molecular formula is C13H21N3O. The smallest absolute Gasteiger partial charge is 0.316 e. The van der Waals surface area contributed by atoms with Gasteiger partial charge in [-0.05, 0) is 32.1 Å². The summed E-state index contributed by atoms with van der Waals surface area (Å²) in [6.45, 7) is 4.70. The molecule has 0 saturated heterocycles. The Balaban J connectivity index is 2.00. The Morgan fingerprint density at radius 2 is 2.29 bits per heavy atom. The van der Waals surface area contributed by atoms with Gasteiger partial charge in [0.1, 0.15) is 6.10 Å². The standard InChI is InChI=1S/C13H21N3O/c1-9-4-3-5-12(6-9)17-13-15-8-11(7-14)10(2)16-13/h8-9,12H,3-7,14H2,1-2H3. The van der Waals surface area contributed by atoms with E-state index in [0.717, 1.165) is 30.0 Å². The van der Waals surface area contributed by atoms with Gasteiger partial charge in [-0.1, -0.05) is 13.3 Å². The first-order chi connectivity index (χ1) is 8.19. The minimum absolute atomic E-state index is 0.280. The zero-order valence-corrected chi connectivity index (χ0v) is 10.6. The van der Waals surface area contributed by atoms with E-state index in [4.69, 9.17) is 10.5 Å². The van der Waals surface area contributed by atoms with Gasteiger partial charge in [0, 0.05) is 24.0 Å². The van der Waals surface area contributed by atoms with Crippen LogP contribution in [0.15, 0.2) is 6.20 Å². The van der Waals surface area contributed by atoms with Crippen LogP contribution < -0.4 is 10.5 Å². The molecule has 1 aliphatic carbocycles. The van der Waals surface area contributed by atoms with Crippen molar-refractivity contribution in [1.82, 2.24) is 9.97 Å². The van der Waals surface area contributed by atoms with Gasteiger partial charge in [0.25, 0.3) is 0 Å². The van der Waals surface area contributed by atoms with E-state index in [-0.39, 0.29) is 6.10 Å². The zero-order valence-electron chi connectivity index (χ0n) is 10.6. The van der Waals surface area contributed by atoms with Crippen LogP contribution in [0.1, 0.15) is 43.9 Å². The number of nitrogens with zero attached hydrogens (tertiary/aromatic N) is 2. The van der Waals surface area contributed by atoms with Gasteiger partial charge < -0.3 is 10.5 Å². The molecule has 0 amide bonds. The molecule has 1 saturated carbocycles. The van der Waals surface area contributed by atoms with Crippen LogP contribution in [0.2, 0.25) is 0 Å². The first-order valence-corrected chi connectivity index (χ1v) is 6.38. The molecule has 94 valence electrons. The SMILES string of the molecule is Cc1nc(OC2CCCC(C)C2)ncc1CN. The molecule has 2 unspecified atom stereocenters. The van der Waals surface area contributed by atoms with Crippen molar-refractivity contribution in [1.29, 1.82) is 0 Å². The quantitative estimate of drug-likeness (QED) is 0.872. The van der Waals surface area contributed by atoms with E-state index >= 15 is 0 Å². The molecule has 2 N–H and O–H groups in total. The number of ether oxygens (including phenoxy) is 1. The summed E-state index contributed by atoms with van der Waals surface area (Å²) in [5, 5.41) is 0. The van der Waals surface area contributed by atoms with Crippen molar-refractivity contribution in [2.75, 3.05) is 0 Å². The lowest BCUT2D eigenvalue weighted by Crippen LogP contribution is -2.25. The lowest BCUT2D eigenvalue weighted by molar-refractivity contribution is 0.118. The fourth-order valence-electron chi connectivity index (χ4n) is 2.36. The largest absolute Gasteiger partial charge is 0.460 e. The number of aryl methyl sites for hydroxylation is 1. The van der Waals surface area contributed by atoms with Crippen molar-refractivity contribution >= 4 is 0 Å². The van der Waals surface area contributed by atoms with Crippen LogP contribution in [0.4, 0.5) is 0 Å². The summed E-state index contributed by atoms with van der Waals surface area (Å²) in [5.41, 5.74) is 7.48.